The van der Waals surface area contributed by atoms with E-state index in [0.29, 0.717) is 24.9 Å². The minimum Gasteiger partial charge on any atom is -0.469 e. The summed E-state index contributed by atoms with van der Waals surface area (Å²) in [5.74, 6) is 1.16. The topological polar surface area (TPSA) is 49.9 Å². The molecular weight excluding hydrogens is 256 g/mol. The lowest BCUT2D eigenvalue weighted by Gasteiger charge is -2.35. The molecule has 0 aliphatic carbocycles. The van der Waals surface area contributed by atoms with Crippen LogP contribution in [0.1, 0.15) is 26.7 Å². The van der Waals surface area contributed by atoms with Crippen LogP contribution in [0.25, 0.3) is 0 Å². The van der Waals surface area contributed by atoms with Crippen molar-refractivity contribution in [2.45, 2.75) is 26.7 Å². The van der Waals surface area contributed by atoms with Crippen LogP contribution in [0.2, 0.25) is 0 Å². The number of hydrogen-bond acceptors (Lipinski definition) is 4. The summed E-state index contributed by atoms with van der Waals surface area (Å²) in [4.78, 5) is 27.9. The van der Waals surface area contributed by atoms with Crippen LogP contribution in [0.4, 0.5) is 0 Å². The van der Waals surface area contributed by atoms with Gasteiger partial charge in [-0.15, -0.1) is 0 Å². The second-order valence-electron chi connectivity index (χ2n) is 6.49. The quantitative estimate of drug-likeness (QED) is 0.724. The highest BCUT2D eigenvalue weighted by molar-refractivity contribution is 5.79. The lowest BCUT2D eigenvalue weighted by molar-refractivity contribution is -0.145. The van der Waals surface area contributed by atoms with E-state index >= 15 is 0 Å². The molecule has 114 valence electrons. The second-order valence-corrected chi connectivity index (χ2v) is 6.49. The molecule has 20 heavy (non-hydrogen) atoms. The molecule has 1 amide bonds. The number of piperidine rings is 1. The lowest BCUT2D eigenvalue weighted by Crippen LogP contribution is -2.46. The Morgan fingerprint density at radius 2 is 1.80 bits per heavy atom. The van der Waals surface area contributed by atoms with Crippen LogP contribution < -0.4 is 0 Å². The zero-order valence-corrected chi connectivity index (χ0v) is 12.8. The van der Waals surface area contributed by atoms with Gasteiger partial charge in [-0.1, -0.05) is 13.8 Å². The normalized spacial score (nSPS) is 31.4. The molecular formula is C15H26N2O3. The van der Waals surface area contributed by atoms with Gasteiger partial charge in [0.15, 0.2) is 0 Å². The van der Waals surface area contributed by atoms with E-state index in [0.717, 1.165) is 26.1 Å². The van der Waals surface area contributed by atoms with E-state index in [1.54, 1.807) is 0 Å². The maximum Gasteiger partial charge on any atom is 0.310 e. The molecule has 2 saturated heterocycles. The molecule has 0 spiro atoms. The Morgan fingerprint density at radius 1 is 1.15 bits per heavy atom. The molecule has 3 unspecified atom stereocenters. The van der Waals surface area contributed by atoms with Crippen molar-refractivity contribution in [2.75, 3.05) is 39.8 Å². The first-order valence-electron chi connectivity index (χ1n) is 7.57. The highest BCUT2D eigenvalue weighted by Crippen LogP contribution is 2.22. The van der Waals surface area contributed by atoms with E-state index in [4.69, 9.17) is 4.74 Å². The predicted octanol–water partition coefficient (Wildman–Crippen LogP) is 0.986. The summed E-state index contributed by atoms with van der Waals surface area (Å²) in [6.45, 7) is 8.06. The number of nitrogens with zero attached hydrogens (tertiary/aromatic N) is 2. The van der Waals surface area contributed by atoms with Gasteiger partial charge in [-0.2, -0.15) is 0 Å². The van der Waals surface area contributed by atoms with Crippen molar-refractivity contribution in [2.24, 2.45) is 17.8 Å². The second kappa shape index (κ2) is 6.57. The largest absolute Gasteiger partial charge is 0.469 e. The highest BCUT2D eigenvalue weighted by atomic mass is 16.5. The molecule has 2 aliphatic heterocycles. The minimum absolute atomic E-state index is 0.0630. The number of carbonyl (C=O) groups excluding carboxylic acids is 2. The average Bonchev–Trinajstić information content (AvgIpc) is 2.85. The highest BCUT2D eigenvalue weighted by Gasteiger charge is 2.32. The lowest BCUT2D eigenvalue weighted by atomic mass is 9.92. The molecule has 5 heteroatoms. The summed E-state index contributed by atoms with van der Waals surface area (Å²) >= 11 is 0. The Bertz CT molecular complexity index is 362. The van der Waals surface area contributed by atoms with E-state index in [1.165, 1.54) is 13.5 Å². The first kappa shape index (κ1) is 15.3. The number of likely N-dealkylation sites (tertiary alicyclic amines) is 2. The SMILES string of the molecule is COC(=O)C1CCN(CC(=O)N2CC(C)CC(C)C2)C1. The number of amides is 1. The van der Waals surface area contributed by atoms with Crippen LogP contribution in [0.15, 0.2) is 0 Å². The average molecular weight is 282 g/mol. The van der Waals surface area contributed by atoms with Gasteiger partial charge in [-0.3, -0.25) is 14.5 Å². The molecule has 2 rings (SSSR count). The van der Waals surface area contributed by atoms with E-state index in [-0.39, 0.29) is 17.8 Å². The van der Waals surface area contributed by atoms with Crippen molar-refractivity contribution < 1.29 is 14.3 Å². The number of rotatable bonds is 3. The first-order valence-corrected chi connectivity index (χ1v) is 7.57. The molecule has 5 nitrogen and oxygen atoms in total. The van der Waals surface area contributed by atoms with Crippen molar-refractivity contribution in [3.8, 4) is 0 Å². The number of methoxy groups -OCH3 is 1. The number of hydrogen-bond donors (Lipinski definition) is 0. The zero-order chi connectivity index (χ0) is 14.7. The zero-order valence-electron chi connectivity index (χ0n) is 12.8. The van der Waals surface area contributed by atoms with Gasteiger partial charge in [-0.25, -0.2) is 0 Å². The fourth-order valence-corrected chi connectivity index (χ4v) is 3.49. The van der Waals surface area contributed by atoms with Crippen LogP contribution in [0.3, 0.4) is 0 Å². The smallest absolute Gasteiger partial charge is 0.310 e. The third-order valence-corrected chi connectivity index (χ3v) is 4.39. The Labute approximate surface area is 121 Å². The van der Waals surface area contributed by atoms with E-state index in [9.17, 15) is 9.59 Å². The molecule has 0 bridgehead atoms. The molecule has 2 aliphatic rings. The summed E-state index contributed by atoms with van der Waals surface area (Å²) in [5.41, 5.74) is 0. The maximum atomic E-state index is 12.4. The number of esters is 1. The third kappa shape index (κ3) is 3.72. The number of carbonyl (C=O) groups is 2. The summed E-state index contributed by atoms with van der Waals surface area (Å²) < 4.78 is 4.77. The van der Waals surface area contributed by atoms with Crippen LogP contribution in [0, 0.1) is 17.8 Å². The van der Waals surface area contributed by atoms with Gasteiger partial charge in [0.1, 0.15) is 0 Å². The van der Waals surface area contributed by atoms with Crippen molar-refractivity contribution in [1.82, 2.24) is 9.80 Å². The van der Waals surface area contributed by atoms with E-state index in [1.807, 2.05) is 4.90 Å². The van der Waals surface area contributed by atoms with Crippen molar-refractivity contribution in [1.29, 1.82) is 0 Å². The van der Waals surface area contributed by atoms with Crippen molar-refractivity contribution >= 4 is 11.9 Å². The minimum atomic E-state index is -0.153. The van der Waals surface area contributed by atoms with E-state index in [2.05, 4.69) is 18.7 Å². The molecule has 2 heterocycles. The van der Waals surface area contributed by atoms with Crippen LogP contribution in [-0.4, -0.2) is 61.5 Å². The Morgan fingerprint density at radius 3 is 2.40 bits per heavy atom. The van der Waals surface area contributed by atoms with Crippen LogP contribution >= 0.6 is 0 Å². The molecule has 0 saturated carbocycles. The van der Waals surface area contributed by atoms with Gasteiger partial charge in [0.25, 0.3) is 0 Å². The van der Waals surface area contributed by atoms with Gasteiger partial charge in [-0.05, 0) is 31.2 Å². The molecule has 0 aromatic rings. The van der Waals surface area contributed by atoms with Crippen molar-refractivity contribution in [3.05, 3.63) is 0 Å². The summed E-state index contributed by atoms with van der Waals surface area (Å²) in [7, 11) is 1.42. The molecule has 0 radical (unpaired) electrons. The Balaban J connectivity index is 1.82. The molecule has 0 aromatic heterocycles. The monoisotopic (exact) mass is 282 g/mol. The summed E-state index contributed by atoms with van der Waals surface area (Å²) in [5, 5.41) is 0. The maximum absolute atomic E-state index is 12.4. The number of ether oxygens (including phenoxy) is 1. The van der Waals surface area contributed by atoms with Gasteiger partial charge in [0, 0.05) is 19.6 Å². The Hall–Kier alpha value is -1.10. The van der Waals surface area contributed by atoms with E-state index < -0.39 is 0 Å². The van der Waals surface area contributed by atoms with Gasteiger partial charge in [0.2, 0.25) is 5.91 Å². The first-order chi connectivity index (χ1) is 9.49. The van der Waals surface area contributed by atoms with Crippen LogP contribution in [0.5, 0.6) is 0 Å². The predicted molar refractivity (Wildman–Crippen MR) is 76.1 cm³/mol. The molecule has 3 atom stereocenters. The van der Waals surface area contributed by atoms with Gasteiger partial charge >= 0.3 is 5.97 Å². The van der Waals surface area contributed by atoms with Gasteiger partial charge < -0.3 is 9.64 Å². The molecule has 0 aromatic carbocycles. The van der Waals surface area contributed by atoms with Crippen molar-refractivity contribution in [3.63, 3.8) is 0 Å². The fraction of sp³-hybridized carbons (Fsp3) is 0.867. The Kier molecular flexibility index (Phi) is 5.02. The summed E-state index contributed by atoms with van der Waals surface area (Å²) in [6, 6.07) is 0. The third-order valence-electron chi connectivity index (χ3n) is 4.39. The molecule has 2 fully saturated rings. The standard InChI is InChI=1S/C15H26N2O3/c1-11-6-12(2)8-17(7-11)14(18)10-16-5-4-13(9-16)15(19)20-3/h11-13H,4-10H2,1-3H3. The fourth-order valence-electron chi connectivity index (χ4n) is 3.49. The summed E-state index contributed by atoms with van der Waals surface area (Å²) in [6.07, 6.45) is 2.00. The van der Waals surface area contributed by atoms with Gasteiger partial charge in [0.05, 0.1) is 19.6 Å². The van der Waals surface area contributed by atoms with Crippen LogP contribution in [-0.2, 0) is 14.3 Å². The molecule has 0 N–H and O–H groups in total.